The molecule has 7 heteroatoms. The van der Waals surface area contributed by atoms with Crippen molar-refractivity contribution in [2.45, 2.75) is 45.8 Å². The van der Waals surface area contributed by atoms with E-state index in [1.165, 1.54) is 0 Å². The maximum Gasteiger partial charge on any atom is 0.318 e. The first-order chi connectivity index (χ1) is 9.87. The Morgan fingerprint density at radius 2 is 1.95 bits per heavy atom. The van der Waals surface area contributed by atoms with Gasteiger partial charge in [0.15, 0.2) is 0 Å². The zero-order valence-electron chi connectivity index (χ0n) is 14.0. The molecule has 0 amide bonds. The minimum absolute atomic E-state index is 0.00765. The fraction of sp³-hybridized carbons (Fsp3) is 0.857. The Morgan fingerprint density at radius 1 is 1.24 bits per heavy atom. The van der Waals surface area contributed by atoms with Gasteiger partial charge in [0.05, 0.1) is 25.8 Å². The third-order valence-corrected chi connectivity index (χ3v) is 2.95. The van der Waals surface area contributed by atoms with Crippen molar-refractivity contribution in [1.82, 2.24) is 15.5 Å². The van der Waals surface area contributed by atoms with Gasteiger partial charge in [-0.2, -0.15) is 0 Å². The molecular formula is C14H28N4O3. The maximum absolute atomic E-state index is 5.74. The van der Waals surface area contributed by atoms with E-state index < -0.39 is 0 Å². The second kappa shape index (κ2) is 8.31. The molecule has 1 aromatic heterocycles. The zero-order chi connectivity index (χ0) is 15.9. The van der Waals surface area contributed by atoms with Gasteiger partial charge in [-0.25, -0.2) is 0 Å². The van der Waals surface area contributed by atoms with Crippen molar-refractivity contribution in [3.05, 3.63) is 5.89 Å². The van der Waals surface area contributed by atoms with Crippen LogP contribution in [0, 0.1) is 0 Å². The summed E-state index contributed by atoms with van der Waals surface area (Å²) in [6.45, 7) is 10.7. The molecule has 0 aliphatic rings. The molecule has 0 saturated carbocycles. The maximum atomic E-state index is 5.74. The third kappa shape index (κ3) is 6.41. The molecule has 7 nitrogen and oxygen atoms in total. The van der Waals surface area contributed by atoms with E-state index >= 15 is 0 Å². The summed E-state index contributed by atoms with van der Waals surface area (Å²) in [7, 11) is 3.35. The molecule has 0 fully saturated rings. The number of methoxy groups -OCH3 is 2. The molecule has 0 aliphatic heterocycles. The quantitative estimate of drug-likeness (QED) is 0.740. The Hall–Kier alpha value is -1.18. The number of nitrogens with zero attached hydrogens (tertiary/aromatic N) is 3. The van der Waals surface area contributed by atoms with Crippen LogP contribution >= 0.6 is 0 Å². The molecular weight excluding hydrogens is 272 g/mol. The van der Waals surface area contributed by atoms with Gasteiger partial charge < -0.3 is 24.1 Å². The van der Waals surface area contributed by atoms with Crippen LogP contribution in [0.3, 0.4) is 0 Å². The summed E-state index contributed by atoms with van der Waals surface area (Å²) >= 11 is 0. The Balaban J connectivity index is 2.71. The van der Waals surface area contributed by atoms with Crippen molar-refractivity contribution in [3.63, 3.8) is 0 Å². The highest BCUT2D eigenvalue weighted by Gasteiger charge is 2.20. The Kier molecular flexibility index (Phi) is 7.07. The highest BCUT2D eigenvalue weighted by atomic mass is 16.5. The van der Waals surface area contributed by atoms with Crippen LogP contribution in [0.1, 0.15) is 33.6 Å². The van der Waals surface area contributed by atoms with E-state index in [0.29, 0.717) is 38.2 Å². The van der Waals surface area contributed by atoms with Crippen LogP contribution in [0.2, 0.25) is 0 Å². The molecule has 0 saturated heterocycles. The van der Waals surface area contributed by atoms with Crippen molar-refractivity contribution < 1.29 is 13.9 Å². The predicted octanol–water partition coefficient (Wildman–Crippen LogP) is 1.45. The summed E-state index contributed by atoms with van der Waals surface area (Å²) in [6, 6.07) is 0.635. The summed E-state index contributed by atoms with van der Waals surface area (Å²) < 4.78 is 16.1. The lowest BCUT2D eigenvalue weighted by Crippen LogP contribution is -2.39. The molecule has 0 spiro atoms. The number of hydrogen-bond donors (Lipinski definition) is 1. The number of aromatic nitrogens is 2. The van der Waals surface area contributed by atoms with Crippen molar-refractivity contribution >= 4 is 6.01 Å². The summed E-state index contributed by atoms with van der Waals surface area (Å²) in [5, 5.41) is 11.5. The average Bonchev–Trinajstić information content (AvgIpc) is 2.85. The van der Waals surface area contributed by atoms with E-state index in [2.05, 4.69) is 43.2 Å². The topological polar surface area (TPSA) is 72.7 Å². The lowest BCUT2D eigenvalue weighted by atomic mass is 10.1. The van der Waals surface area contributed by atoms with Gasteiger partial charge in [0, 0.05) is 26.3 Å². The van der Waals surface area contributed by atoms with Crippen LogP contribution in [0.25, 0.3) is 0 Å². The molecule has 122 valence electrons. The minimum Gasteiger partial charge on any atom is -0.407 e. The molecule has 21 heavy (non-hydrogen) atoms. The van der Waals surface area contributed by atoms with Crippen LogP contribution in [0.5, 0.6) is 0 Å². The average molecular weight is 300 g/mol. The van der Waals surface area contributed by atoms with Gasteiger partial charge in [0.2, 0.25) is 5.89 Å². The summed E-state index contributed by atoms with van der Waals surface area (Å²) in [5.41, 5.74) is 0.00765. The Morgan fingerprint density at radius 3 is 2.52 bits per heavy atom. The van der Waals surface area contributed by atoms with E-state index in [1.54, 1.807) is 14.2 Å². The number of ether oxygens (including phenoxy) is 2. The van der Waals surface area contributed by atoms with Gasteiger partial charge >= 0.3 is 6.01 Å². The van der Waals surface area contributed by atoms with E-state index in [-0.39, 0.29) is 11.6 Å². The first-order valence-electron chi connectivity index (χ1n) is 7.19. The van der Waals surface area contributed by atoms with Gasteiger partial charge in [-0.1, -0.05) is 5.10 Å². The van der Waals surface area contributed by atoms with E-state index in [4.69, 9.17) is 13.9 Å². The Bertz CT molecular complexity index is 403. The van der Waals surface area contributed by atoms with E-state index in [1.807, 2.05) is 4.90 Å². The zero-order valence-corrected chi connectivity index (χ0v) is 14.0. The third-order valence-electron chi connectivity index (χ3n) is 2.95. The standard InChI is InChI=1S/C14H28N4O3/c1-11(10-20-6)18(7-8-19-5)13-17-16-12(21-13)9-15-14(2,3)4/h11,15H,7-10H2,1-6H3. The molecule has 0 bridgehead atoms. The predicted molar refractivity (Wildman–Crippen MR) is 81.5 cm³/mol. The van der Waals surface area contributed by atoms with Crippen LogP contribution in [0.4, 0.5) is 6.01 Å². The second-order valence-electron chi connectivity index (χ2n) is 6.07. The first kappa shape index (κ1) is 17.9. The van der Waals surface area contributed by atoms with Gasteiger partial charge in [0.1, 0.15) is 0 Å². The lowest BCUT2D eigenvalue weighted by Gasteiger charge is -2.26. The lowest BCUT2D eigenvalue weighted by molar-refractivity contribution is 0.168. The fourth-order valence-corrected chi connectivity index (χ4v) is 1.80. The van der Waals surface area contributed by atoms with Gasteiger partial charge in [-0.15, -0.1) is 5.10 Å². The number of rotatable bonds is 9. The van der Waals surface area contributed by atoms with Crippen LogP contribution in [0.15, 0.2) is 4.42 Å². The normalized spacial score (nSPS) is 13.4. The number of hydrogen-bond acceptors (Lipinski definition) is 7. The molecule has 0 aromatic carbocycles. The van der Waals surface area contributed by atoms with Crippen molar-refractivity contribution in [3.8, 4) is 0 Å². The Labute approximate surface area is 127 Å². The summed E-state index contributed by atoms with van der Waals surface area (Å²) in [5.74, 6) is 0.576. The monoisotopic (exact) mass is 300 g/mol. The molecule has 1 N–H and O–H groups in total. The van der Waals surface area contributed by atoms with E-state index in [0.717, 1.165) is 0 Å². The highest BCUT2D eigenvalue weighted by Crippen LogP contribution is 2.16. The number of anilines is 1. The summed E-state index contributed by atoms with van der Waals surface area (Å²) in [4.78, 5) is 2.00. The van der Waals surface area contributed by atoms with Gasteiger partial charge in [-0.05, 0) is 27.7 Å². The largest absolute Gasteiger partial charge is 0.407 e. The number of nitrogens with one attached hydrogen (secondary N) is 1. The van der Waals surface area contributed by atoms with Crippen molar-refractivity contribution in [2.75, 3.05) is 38.9 Å². The second-order valence-corrected chi connectivity index (χ2v) is 6.07. The first-order valence-corrected chi connectivity index (χ1v) is 7.19. The smallest absolute Gasteiger partial charge is 0.318 e. The SMILES string of the molecule is COCCN(c1nnc(CNC(C)(C)C)o1)C(C)COC. The van der Waals surface area contributed by atoms with Crippen molar-refractivity contribution in [2.24, 2.45) is 0 Å². The molecule has 0 radical (unpaired) electrons. The van der Waals surface area contributed by atoms with Crippen LogP contribution in [-0.2, 0) is 16.0 Å². The van der Waals surface area contributed by atoms with Crippen LogP contribution in [-0.4, -0.2) is 55.8 Å². The summed E-state index contributed by atoms with van der Waals surface area (Å²) in [6.07, 6.45) is 0. The van der Waals surface area contributed by atoms with Gasteiger partial charge in [-0.3, -0.25) is 0 Å². The van der Waals surface area contributed by atoms with Crippen molar-refractivity contribution in [1.29, 1.82) is 0 Å². The molecule has 1 rings (SSSR count). The van der Waals surface area contributed by atoms with E-state index in [9.17, 15) is 0 Å². The molecule has 1 unspecified atom stereocenters. The highest BCUT2D eigenvalue weighted by molar-refractivity contribution is 5.26. The minimum atomic E-state index is 0.00765. The van der Waals surface area contributed by atoms with Crippen LogP contribution < -0.4 is 10.2 Å². The molecule has 0 aliphatic carbocycles. The molecule has 1 aromatic rings. The molecule has 1 heterocycles. The fourth-order valence-electron chi connectivity index (χ4n) is 1.80. The van der Waals surface area contributed by atoms with Gasteiger partial charge in [0.25, 0.3) is 0 Å². The molecule has 1 atom stereocenters.